The van der Waals surface area contributed by atoms with Crippen LogP contribution in [-0.2, 0) is 11.8 Å². The number of imidazole rings is 1. The molecule has 2 atom stereocenters. The van der Waals surface area contributed by atoms with E-state index in [1.807, 2.05) is 42.2 Å². The Morgan fingerprint density at radius 3 is 2.77 bits per heavy atom. The van der Waals surface area contributed by atoms with Crippen LogP contribution in [0.15, 0.2) is 42.7 Å². The number of aromatic nitrogens is 2. The number of hydrogen-bond donors (Lipinski definition) is 2. The molecule has 0 saturated carbocycles. The number of carbonyl (C=O) groups is 1. The molecule has 1 aliphatic rings. The molecule has 0 radical (unpaired) electrons. The third-order valence-corrected chi connectivity index (χ3v) is 5.00. The molecule has 2 unspecified atom stereocenters. The van der Waals surface area contributed by atoms with Gasteiger partial charge in [-0.3, -0.25) is 9.69 Å². The molecule has 1 amide bonds. The van der Waals surface area contributed by atoms with Crippen LogP contribution in [0.25, 0.3) is 0 Å². The minimum atomic E-state index is 0.0261. The van der Waals surface area contributed by atoms with E-state index in [4.69, 9.17) is 0 Å². The van der Waals surface area contributed by atoms with Crippen LogP contribution in [0.3, 0.4) is 0 Å². The lowest BCUT2D eigenvalue weighted by Gasteiger charge is -2.35. The van der Waals surface area contributed by atoms with Crippen molar-refractivity contribution in [2.24, 2.45) is 13.0 Å². The van der Waals surface area contributed by atoms with Gasteiger partial charge >= 0.3 is 0 Å². The molecule has 1 aliphatic heterocycles. The fraction of sp³-hybridized carbons (Fsp3) is 0.500. The van der Waals surface area contributed by atoms with Crippen LogP contribution in [0.5, 0.6) is 0 Å². The number of hydrogen-bond acceptors (Lipinski definition) is 4. The van der Waals surface area contributed by atoms with Gasteiger partial charge < -0.3 is 15.2 Å². The highest BCUT2D eigenvalue weighted by Crippen LogP contribution is 2.23. The molecule has 2 heterocycles. The van der Waals surface area contributed by atoms with Gasteiger partial charge in [0.1, 0.15) is 5.82 Å². The van der Waals surface area contributed by atoms with Gasteiger partial charge in [0.15, 0.2) is 0 Å². The van der Waals surface area contributed by atoms with Crippen molar-refractivity contribution in [3.63, 3.8) is 0 Å². The SMILES string of the molecule is CC(C)C(NC(=O)CN1CCNCC1c1nccn1C)c1ccccc1. The molecule has 2 N–H and O–H groups in total. The predicted molar refractivity (Wildman–Crippen MR) is 103 cm³/mol. The first-order chi connectivity index (χ1) is 12.6. The van der Waals surface area contributed by atoms with E-state index >= 15 is 0 Å². The van der Waals surface area contributed by atoms with Gasteiger partial charge in [-0.1, -0.05) is 44.2 Å². The van der Waals surface area contributed by atoms with Crippen molar-refractivity contribution < 1.29 is 4.79 Å². The van der Waals surface area contributed by atoms with E-state index in [2.05, 4.69) is 46.5 Å². The monoisotopic (exact) mass is 355 g/mol. The van der Waals surface area contributed by atoms with Gasteiger partial charge in [0.05, 0.1) is 18.6 Å². The zero-order valence-electron chi connectivity index (χ0n) is 15.9. The molecule has 1 aromatic carbocycles. The average Bonchev–Trinajstić information content (AvgIpc) is 3.06. The van der Waals surface area contributed by atoms with Crippen LogP contribution in [0.1, 0.15) is 37.3 Å². The van der Waals surface area contributed by atoms with E-state index in [-0.39, 0.29) is 18.0 Å². The zero-order valence-corrected chi connectivity index (χ0v) is 15.9. The highest BCUT2D eigenvalue weighted by Gasteiger charge is 2.29. The van der Waals surface area contributed by atoms with Crippen LogP contribution in [0, 0.1) is 5.92 Å². The average molecular weight is 355 g/mol. The van der Waals surface area contributed by atoms with Gasteiger partial charge in [0, 0.05) is 39.1 Å². The molecule has 0 aliphatic carbocycles. The number of nitrogens with one attached hydrogen (secondary N) is 2. The van der Waals surface area contributed by atoms with Crippen molar-refractivity contribution in [2.75, 3.05) is 26.2 Å². The van der Waals surface area contributed by atoms with Crippen LogP contribution in [-0.4, -0.2) is 46.5 Å². The highest BCUT2D eigenvalue weighted by atomic mass is 16.2. The fourth-order valence-corrected chi connectivity index (χ4v) is 3.59. The Labute approximate surface area is 155 Å². The van der Waals surface area contributed by atoms with Crippen LogP contribution < -0.4 is 10.6 Å². The molecule has 1 fully saturated rings. The van der Waals surface area contributed by atoms with Gasteiger partial charge in [-0.05, 0) is 11.5 Å². The number of aryl methyl sites for hydroxylation is 1. The summed E-state index contributed by atoms with van der Waals surface area (Å²) >= 11 is 0. The standard InChI is InChI=1S/C20H29N5O/c1-15(2)19(16-7-5-4-6-8-16)23-18(26)14-25-12-9-21-13-17(25)20-22-10-11-24(20)3/h4-8,10-11,15,17,19,21H,9,12-14H2,1-3H3,(H,23,26). The van der Waals surface area contributed by atoms with Gasteiger partial charge in [0.2, 0.25) is 5.91 Å². The summed E-state index contributed by atoms with van der Waals surface area (Å²) in [4.78, 5) is 19.5. The molecule has 1 saturated heterocycles. The third-order valence-electron chi connectivity index (χ3n) is 5.00. The summed E-state index contributed by atoms with van der Waals surface area (Å²) in [6, 6.07) is 10.3. The van der Waals surface area contributed by atoms with Gasteiger partial charge in [-0.2, -0.15) is 0 Å². The number of nitrogens with zero attached hydrogens (tertiary/aromatic N) is 3. The molecule has 6 nitrogen and oxygen atoms in total. The maximum atomic E-state index is 12.8. The first-order valence-electron chi connectivity index (χ1n) is 9.32. The number of amides is 1. The Hall–Kier alpha value is -2.18. The predicted octanol–water partition coefficient (Wildman–Crippen LogP) is 1.88. The number of piperazine rings is 1. The first kappa shape index (κ1) is 18.6. The molecule has 26 heavy (non-hydrogen) atoms. The number of benzene rings is 1. The van der Waals surface area contributed by atoms with Gasteiger partial charge in [-0.15, -0.1) is 0 Å². The Morgan fingerprint density at radius 2 is 2.12 bits per heavy atom. The molecule has 2 aromatic rings. The minimum Gasteiger partial charge on any atom is -0.348 e. The minimum absolute atomic E-state index is 0.0261. The van der Waals surface area contributed by atoms with E-state index in [9.17, 15) is 4.79 Å². The molecule has 6 heteroatoms. The molecular formula is C20H29N5O. The molecular weight excluding hydrogens is 326 g/mol. The second kappa shape index (κ2) is 8.47. The first-order valence-corrected chi connectivity index (χ1v) is 9.32. The summed E-state index contributed by atoms with van der Waals surface area (Å²) in [5, 5.41) is 6.64. The summed E-state index contributed by atoms with van der Waals surface area (Å²) in [6.45, 7) is 7.20. The Balaban J connectivity index is 1.68. The van der Waals surface area contributed by atoms with E-state index in [1.54, 1.807) is 0 Å². The maximum absolute atomic E-state index is 12.8. The molecule has 3 rings (SSSR count). The lowest BCUT2D eigenvalue weighted by atomic mass is 9.96. The van der Waals surface area contributed by atoms with Crippen LogP contribution >= 0.6 is 0 Å². The maximum Gasteiger partial charge on any atom is 0.234 e. The second-order valence-electron chi connectivity index (χ2n) is 7.29. The lowest BCUT2D eigenvalue weighted by Crippen LogP contribution is -2.50. The second-order valence-corrected chi connectivity index (χ2v) is 7.29. The Kier molecular flexibility index (Phi) is 6.06. The zero-order chi connectivity index (χ0) is 18.5. The number of carbonyl (C=O) groups excluding carboxylic acids is 1. The molecule has 1 aromatic heterocycles. The van der Waals surface area contributed by atoms with Gasteiger partial charge in [-0.25, -0.2) is 4.98 Å². The van der Waals surface area contributed by atoms with Crippen molar-refractivity contribution >= 4 is 5.91 Å². The summed E-state index contributed by atoms with van der Waals surface area (Å²) in [7, 11) is 2.00. The lowest BCUT2D eigenvalue weighted by molar-refractivity contribution is -0.124. The van der Waals surface area contributed by atoms with E-state index < -0.39 is 0 Å². The van der Waals surface area contributed by atoms with Crippen molar-refractivity contribution in [2.45, 2.75) is 25.9 Å². The van der Waals surface area contributed by atoms with Gasteiger partial charge in [0.25, 0.3) is 0 Å². The van der Waals surface area contributed by atoms with Crippen LogP contribution in [0.2, 0.25) is 0 Å². The van der Waals surface area contributed by atoms with Crippen molar-refractivity contribution in [1.82, 2.24) is 25.1 Å². The normalized spacial score (nSPS) is 19.5. The smallest absolute Gasteiger partial charge is 0.234 e. The largest absolute Gasteiger partial charge is 0.348 e. The Morgan fingerprint density at radius 1 is 1.35 bits per heavy atom. The molecule has 140 valence electrons. The summed E-state index contributed by atoms with van der Waals surface area (Å²) in [5.74, 6) is 1.39. The quantitative estimate of drug-likeness (QED) is 0.831. The van der Waals surface area contributed by atoms with Crippen molar-refractivity contribution in [3.05, 3.63) is 54.1 Å². The van der Waals surface area contributed by atoms with E-state index in [1.165, 1.54) is 0 Å². The molecule has 0 bridgehead atoms. The summed E-state index contributed by atoms with van der Waals surface area (Å²) < 4.78 is 2.03. The Bertz CT molecular complexity index is 712. The highest BCUT2D eigenvalue weighted by molar-refractivity contribution is 5.78. The van der Waals surface area contributed by atoms with Crippen LogP contribution in [0.4, 0.5) is 0 Å². The van der Waals surface area contributed by atoms with E-state index in [0.29, 0.717) is 12.5 Å². The van der Waals surface area contributed by atoms with Crippen molar-refractivity contribution in [1.29, 1.82) is 0 Å². The fourth-order valence-electron chi connectivity index (χ4n) is 3.59. The summed E-state index contributed by atoms with van der Waals surface area (Å²) in [6.07, 6.45) is 3.76. The third kappa shape index (κ3) is 4.31. The van der Waals surface area contributed by atoms with E-state index in [0.717, 1.165) is 31.0 Å². The summed E-state index contributed by atoms with van der Waals surface area (Å²) in [5.41, 5.74) is 1.15. The topological polar surface area (TPSA) is 62.2 Å². The number of rotatable bonds is 6. The molecule has 0 spiro atoms. The van der Waals surface area contributed by atoms with Crippen molar-refractivity contribution in [3.8, 4) is 0 Å².